The minimum Gasteiger partial charge on any atom is -0.247 e. The minimum atomic E-state index is 0.592. The van der Waals surface area contributed by atoms with Crippen LogP contribution in [0.25, 0.3) is 11.1 Å². The second kappa shape index (κ2) is 7.68. The van der Waals surface area contributed by atoms with Crippen LogP contribution in [-0.4, -0.2) is 0 Å². The molecule has 0 aromatic heterocycles. The van der Waals surface area contributed by atoms with E-state index in [2.05, 4.69) is 56.3 Å². The van der Waals surface area contributed by atoms with E-state index in [0.29, 0.717) is 5.92 Å². The first kappa shape index (κ1) is 16.1. The van der Waals surface area contributed by atoms with Gasteiger partial charge in [0.25, 0.3) is 0 Å². The first-order valence-corrected chi connectivity index (χ1v) is 9.25. The van der Waals surface area contributed by atoms with Gasteiger partial charge in [-0.1, -0.05) is 88.8 Å². The first-order chi connectivity index (χ1) is 11.3. The summed E-state index contributed by atoms with van der Waals surface area (Å²) in [6.07, 6.45) is 9.49. The van der Waals surface area contributed by atoms with Gasteiger partial charge in [-0.25, -0.2) is 5.32 Å². The number of benzene rings is 2. The molecule has 2 aromatic rings. The van der Waals surface area contributed by atoms with Crippen molar-refractivity contribution in [2.24, 2.45) is 0 Å². The van der Waals surface area contributed by atoms with E-state index in [1.807, 2.05) is 0 Å². The van der Waals surface area contributed by atoms with Crippen molar-refractivity contribution in [2.45, 2.75) is 64.7 Å². The lowest BCUT2D eigenvalue weighted by atomic mass is 9.91. The van der Waals surface area contributed by atoms with Gasteiger partial charge in [-0.2, -0.15) is 0 Å². The zero-order chi connectivity index (χ0) is 16.1. The number of hydrogen-bond donors (Lipinski definition) is 0. The molecule has 1 radical (unpaired) electrons. The smallest absolute Gasteiger partial charge is 0.0750 e. The molecule has 0 amide bonds. The van der Waals surface area contributed by atoms with E-state index in [1.54, 1.807) is 0 Å². The predicted octanol–water partition coefficient (Wildman–Crippen LogP) is 7.09. The molecule has 1 unspecified atom stereocenters. The van der Waals surface area contributed by atoms with Crippen molar-refractivity contribution in [3.05, 3.63) is 48.0 Å². The molecule has 1 heteroatoms. The molecule has 1 nitrogen and oxygen atoms in total. The number of fused-ring (bicyclic) bond motifs is 3. The Balaban J connectivity index is 1.63. The van der Waals surface area contributed by atoms with Crippen LogP contribution in [0.1, 0.15) is 70.3 Å². The summed E-state index contributed by atoms with van der Waals surface area (Å²) < 4.78 is 0. The average Bonchev–Trinajstić information content (AvgIpc) is 2.96. The van der Waals surface area contributed by atoms with Crippen molar-refractivity contribution in [2.75, 3.05) is 0 Å². The average molecular weight is 306 g/mol. The third-order valence-electron chi connectivity index (χ3n) is 5.02. The van der Waals surface area contributed by atoms with Crippen molar-refractivity contribution >= 4 is 11.4 Å². The van der Waals surface area contributed by atoms with Gasteiger partial charge in [0.05, 0.1) is 11.4 Å². The number of unbranched alkanes of at least 4 members (excludes halogenated alkanes) is 5. The highest BCUT2D eigenvalue weighted by molar-refractivity contribution is 5.92. The molecule has 0 aliphatic carbocycles. The molecule has 23 heavy (non-hydrogen) atoms. The standard InChI is InChI=1S/C22H28N/c1-3-4-5-6-7-8-12-17(2)18-14-11-15-20-19-13-9-10-16-21(19)23-22(18)20/h9-11,13-17H,3-8,12H2,1-2H3. The minimum absolute atomic E-state index is 0.592. The fraction of sp³-hybridized carbons (Fsp3) is 0.455. The number of para-hydroxylation sites is 2. The first-order valence-electron chi connectivity index (χ1n) is 9.25. The molecule has 0 fully saturated rings. The van der Waals surface area contributed by atoms with E-state index in [-0.39, 0.29) is 0 Å². The summed E-state index contributed by atoms with van der Waals surface area (Å²) in [6, 6.07) is 15.2. The van der Waals surface area contributed by atoms with Crippen LogP contribution in [0.4, 0.5) is 11.4 Å². The number of nitrogens with zero attached hydrogens (tertiary/aromatic N) is 1. The van der Waals surface area contributed by atoms with E-state index in [0.717, 1.165) is 5.69 Å². The summed E-state index contributed by atoms with van der Waals surface area (Å²) in [5.74, 6) is 0.592. The second-order valence-corrected chi connectivity index (χ2v) is 6.83. The van der Waals surface area contributed by atoms with Crippen LogP contribution in [0.2, 0.25) is 0 Å². The van der Waals surface area contributed by atoms with Crippen molar-refractivity contribution in [3.63, 3.8) is 0 Å². The Kier molecular flexibility index (Phi) is 5.38. The van der Waals surface area contributed by atoms with Crippen LogP contribution in [0.3, 0.4) is 0 Å². The fourth-order valence-electron chi connectivity index (χ4n) is 3.61. The predicted molar refractivity (Wildman–Crippen MR) is 99.7 cm³/mol. The SMILES string of the molecule is CCCCCCCCC(C)c1cccc2c1[N]c1ccccc1-2. The molecule has 0 spiro atoms. The largest absolute Gasteiger partial charge is 0.247 e. The van der Waals surface area contributed by atoms with Crippen LogP contribution < -0.4 is 5.32 Å². The summed E-state index contributed by atoms with van der Waals surface area (Å²) in [6.45, 7) is 4.64. The van der Waals surface area contributed by atoms with Crippen LogP contribution in [0.15, 0.2) is 42.5 Å². The molecule has 1 heterocycles. The second-order valence-electron chi connectivity index (χ2n) is 6.83. The quantitative estimate of drug-likeness (QED) is 0.394. The zero-order valence-electron chi connectivity index (χ0n) is 14.5. The number of rotatable bonds is 8. The molecule has 3 rings (SSSR count). The Bertz CT molecular complexity index is 644. The fourth-order valence-corrected chi connectivity index (χ4v) is 3.61. The Morgan fingerprint density at radius 2 is 1.57 bits per heavy atom. The Morgan fingerprint density at radius 3 is 2.43 bits per heavy atom. The monoisotopic (exact) mass is 306 g/mol. The lowest BCUT2D eigenvalue weighted by Crippen LogP contribution is -1.98. The molecule has 2 aromatic carbocycles. The van der Waals surface area contributed by atoms with Crippen molar-refractivity contribution in [3.8, 4) is 11.1 Å². The van der Waals surface area contributed by atoms with E-state index in [1.165, 1.54) is 67.3 Å². The van der Waals surface area contributed by atoms with Gasteiger partial charge in [-0.05, 0) is 24.0 Å². The lowest BCUT2D eigenvalue weighted by Gasteiger charge is -2.15. The highest BCUT2D eigenvalue weighted by Crippen LogP contribution is 2.46. The maximum Gasteiger partial charge on any atom is 0.0750 e. The van der Waals surface area contributed by atoms with Crippen molar-refractivity contribution < 1.29 is 0 Å². The van der Waals surface area contributed by atoms with Gasteiger partial charge in [-0.15, -0.1) is 0 Å². The van der Waals surface area contributed by atoms with Crippen LogP contribution in [0.5, 0.6) is 0 Å². The van der Waals surface area contributed by atoms with Gasteiger partial charge < -0.3 is 0 Å². The van der Waals surface area contributed by atoms with Gasteiger partial charge in [0.1, 0.15) is 0 Å². The van der Waals surface area contributed by atoms with Crippen LogP contribution >= 0.6 is 0 Å². The summed E-state index contributed by atoms with van der Waals surface area (Å²) in [7, 11) is 0. The molecule has 0 saturated carbocycles. The Labute approximate surface area is 141 Å². The summed E-state index contributed by atoms with van der Waals surface area (Å²) in [4.78, 5) is 0. The Morgan fingerprint density at radius 1 is 0.826 bits per heavy atom. The van der Waals surface area contributed by atoms with Gasteiger partial charge >= 0.3 is 0 Å². The van der Waals surface area contributed by atoms with Crippen molar-refractivity contribution in [1.82, 2.24) is 5.32 Å². The van der Waals surface area contributed by atoms with E-state index >= 15 is 0 Å². The van der Waals surface area contributed by atoms with Crippen LogP contribution in [-0.2, 0) is 0 Å². The summed E-state index contributed by atoms with van der Waals surface area (Å²) >= 11 is 0. The highest BCUT2D eigenvalue weighted by atomic mass is 14.9. The van der Waals surface area contributed by atoms with Crippen LogP contribution in [0, 0.1) is 0 Å². The topological polar surface area (TPSA) is 14.1 Å². The van der Waals surface area contributed by atoms with Gasteiger partial charge in [-0.3, -0.25) is 0 Å². The molecule has 0 saturated heterocycles. The maximum absolute atomic E-state index is 4.90. The third kappa shape index (κ3) is 3.60. The third-order valence-corrected chi connectivity index (χ3v) is 5.02. The molecular formula is C22H28N. The normalized spacial score (nSPS) is 13.3. The molecule has 0 N–H and O–H groups in total. The van der Waals surface area contributed by atoms with E-state index in [9.17, 15) is 0 Å². The molecule has 1 atom stereocenters. The summed E-state index contributed by atoms with van der Waals surface area (Å²) in [5, 5.41) is 4.90. The molecular weight excluding hydrogens is 278 g/mol. The van der Waals surface area contributed by atoms with E-state index in [4.69, 9.17) is 5.32 Å². The number of hydrogen-bond acceptors (Lipinski definition) is 0. The molecule has 1 aliphatic rings. The van der Waals surface area contributed by atoms with Gasteiger partial charge in [0.15, 0.2) is 0 Å². The van der Waals surface area contributed by atoms with E-state index < -0.39 is 0 Å². The molecule has 121 valence electrons. The molecule has 0 bridgehead atoms. The van der Waals surface area contributed by atoms with Crippen molar-refractivity contribution in [1.29, 1.82) is 0 Å². The highest BCUT2D eigenvalue weighted by Gasteiger charge is 2.23. The lowest BCUT2D eigenvalue weighted by molar-refractivity contribution is 0.557. The molecule has 1 aliphatic heterocycles. The maximum atomic E-state index is 4.90. The van der Waals surface area contributed by atoms with Gasteiger partial charge in [0.2, 0.25) is 0 Å². The van der Waals surface area contributed by atoms with Gasteiger partial charge in [0, 0.05) is 11.1 Å². The summed E-state index contributed by atoms with van der Waals surface area (Å²) in [5.41, 5.74) is 6.37. The zero-order valence-corrected chi connectivity index (χ0v) is 14.5. The Hall–Kier alpha value is -1.76.